The van der Waals surface area contributed by atoms with Crippen LogP contribution in [0.5, 0.6) is 0 Å². The minimum atomic E-state index is -0.395. The largest absolute Gasteiger partial charge is 0.370 e. The Bertz CT molecular complexity index is 793. The molecule has 1 fully saturated rings. The third-order valence-corrected chi connectivity index (χ3v) is 4.95. The molecule has 3 N–H and O–H groups in total. The number of nitrogens with zero attached hydrogens (tertiary/aromatic N) is 2. The quantitative estimate of drug-likeness (QED) is 0.865. The van der Waals surface area contributed by atoms with Crippen molar-refractivity contribution in [1.82, 2.24) is 15.5 Å². The van der Waals surface area contributed by atoms with Gasteiger partial charge in [-0.15, -0.1) is 0 Å². The number of hydrogen-bond donors (Lipinski definition) is 2. The normalized spacial score (nSPS) is 16.7. The van der Waals surface area contributed by atoms with Crippen molar-refractivity contribution in [3.05, 3.63) is 23.0 Å². The lowest BCUT2D eigenvalue weighted by Crippen LogP contribution is -2.43. The number of amides is 2. The molecule has 0 saturated heterocycles. The highest BCUT2D eigenvalue weighted by molar-refractivity contribution is 6.06. The molecule has 0 aromatic carbocycles. The fraction of sp³-hybridized carbons (Fsp3) is 0.556. The molecule has 2 aromatic heterocycles. The molecule has 7 heteroatoms. The van der Waals surface area contributed by atoms with Crippen molar-refractivity contribution in [2.24, 2.45) is 11.7 Å². The zero-order valence-electron chi connectivity index (χ0n) is 14.7. The zero-order valence-corrected chi connectivity index (χ0v) is 14.7. The Labute approximate surface area is 146 Å². The Morgan fingerprint density at radius 1 is 1.32 bits per heavy atom. The van der Waals surface area contributed by atoms with Gasteiger partial charge in [-0.25, -0.2) is 4.98 Å². The number of hydrogen-bond acceptors (Lipinski definition) is 5. The van der Waals surface area contributed by atoms with Crippen molar-refractivity contribution in [2.75, 3.05) is 0 Å². The number of primary amides is 1. The Hall–Kier alpha value is -2.44. The van der Waals surface area contributed by atoms with E-state index >= 15 is 0 Å². The molecule has 25 heavy (non-hydrogen) atoms. The molecule has 1 atom stereocenters. The van der Waals surface area contributed by atoms with Crippen LogP contribution in [0.25, 0.3) is 11.1 Å². The van der Waals surface area contributed by atoms with Gasteiger partial charge in [-0.05, 0) is 38.7 Å². The first-order chi connectivity index (χ1) is 12.0. The van der Waals surface area contributed by atoms with Gasteiger partial charge in [0.25, 0.3) is 11.6 Å². The lowest BCUT2D eigenvalue weighted by atomic mass is 9.82. The van der Waals surface area contributed by atoms with E-state index < -0.39 is 5.91 Å². The van der Waals surface area contributed by atoms with Crippen LogP contribution in [0.1, 0.15) is 60.3 Å². The van der Waals surface area contributed by atoms with Crippen LogP contribution in [-0.2, 0) is 4.79 Å². The maximum absolute atomic E-state index is 12.9. The molecule has 2 amide bonds. The SMILES string of the molecule is Cc1cc(C(=O)NC(CC(N)=O)C2CCCCC2)c2c(C)noc2n1. The minimum Gasteiger partial charge on any atom is -0.370 e. The molecule has 0 bridgehead atoms. The molecule has 1 aliphatic rings. The highest BCUT2D eigenvalue weighted by atomic mass is 16.5. The van der Waals surface area contributed by atoms with Crippen LogP contribution in [0, 0.1) is 19.8 Å². The van der Waals surface area contributed by atoms with E-state index in [4.69, 9.17) is 10.3 Å². The number of carbonyl (C=O) groups is 2. The van der Waals surface area contributed by atoms with Crippen molar-refractivity contribution in [3.8, 4) is 0 Å². The van der Waals surface area contributed by atoms with Gasteiger partial charge < -0.3 is 15.6 Å². The molecule has 0 spiro atoms. The van der Waals surface area contributed by atoms with Gasteiger partial charge in [0.15, 0.2) is 0 Å². The molecule has 0 aliphatic heterocycles. The Kier molecular flexibility index (Phi) is 5.01. The number of rotatable bonds is 5. The van der Waals surface area contributed by atoms with Crippen LogP contribution in [0.15, 0.2) is 10.6 Å². The Morgan fingerprint density at radius 3 is 2.72 bits per heavy atom. The summed E-state index contributed by atoms with van der Waals surface area (Å²) in [4.78, 5) is 28.7. The first kappa shape index (κ1) is 17.4. The van der Waals surface area contributed by atoms with E-state index in [0.29, 0.717) is 28.1 Å². The lowest BCUT2D eigenvalue weighted by molar-refractivity contribution is -0.118. The summed E-state index contributed by atoms with van der Waals surface area (Å²) in [5.41, 5.74) is 7.54. The van der Waals surface area contributed by atoms with Crippen LogP contribution in [0.4, 0.5) is 0 Å². The van der Waals surface area contributed by atoms with Crippen molar-refractivity contribution >= 4 is 22.9 Å². The molecule has 2 heterocycles. The Balaban J connectivity index is 1.88. The van der Waals surface area contributed by atoms with Crippen LogP contribution in [0.3, 0.4) is 0 Å². The lowest BCUT2D eigenvalue weighted by Gasteiger charge is -2.30. The predicted octanol–water partition coefficient (Wildman–Crippen LogP) is 2.39. The summed E-state index contributed by atoms with van der Waals surface area (Å²) in [7, 11) is 0. The van der Waals surface area contributed by atoms with Crippen molar-refractivity contribution < 1.29 is 14.1 Å². The second kappa shape index (κ2) is 7.21. The summed E-state index contributed by atoms with van der Waals surface area (Å²) in [5.74, 6) is -0.348. The first-order valence-electron chi connectivity index (χ1n) is 8.78. The van der Waals surface area contributed by atoms with Gasteiger partial charge in [-0.2, -0.15) is 0 Å². The van der Waals surface area contributed by atoms with Crippen LogP contribution < -0.4 is 11.1 Å². The van der Waals surface area contributed by atoms with Gasteiger partial charge in [0.1, 0.15) is 0 Å². The smallest absolute Gasteiger partial charge is 0.258 e. The van der Waals surface area contributed by atoms with E-state index in [9.17, 15) is 9.59 Å². The van der Waals surface area contributed by atoms with Crippen molar-refractivity contribution in [3.63, 3.8) is 0 Å². The zero-order chi connectivity index (χ0) is 18.0. The van der Waals surface area contributed by atoms with E-state index in [1.807, 2.05) is 0 Å². The maximum atomic E-state index is 12.9. The predicted molar refractivity (Wildman–Crippen MR) is 92.9 cm³/mol. The van der Waals surface area contributed by atoms with Gasteiger partial charge in [0.05, 0.1) is 16.6 Å². The van der Waals surface area contributed by atoms with Crippen LogP contribution in [-0.4, -0.2) is 28.0 Å². The fourth-order valence-electron chi connectivity index (χ4n) is 3.73. The first-order valence-corrected chi connectivity index (χ1v) is 8.78. The Morgan fingerprint density at radius 2 is 2.04 bits per heavy atom. The molecule has 134 valence electrons. The molecular formula is C18H24N4O3. The van der Waals surface area contributed by atoms with E-state index in [0.717, 1.165) is 25.7 Å². The van der Waals surface area contributed by atoms with E-state index in [1.54, 1.807) is 19.9 Å². The number of fused-ring (bicyclic) bond motifs is 1. The van der Waals surface area contributed by atoms with Gasteiger partial charge in [-0.1, -0.05) is 24.4 Å². The van der Waals surface area contributed by atoms with Crippen molar-refractivity contribution in [1.29, 1.82) is 0 Å². The average Bonchev–Trinajstić information content (AvgIpc) is 2.94. The minimum absolute atomic E-state index is 0.159. The van der Waals surface area contributed by atoms with E-state index in [2.05, 4.69) is 15.5 Å². The monoisotopic (exact) mass is 344 g/mol. The van der Waals surface area contributed by atoms with Crippen molar-refractivity contribution in [2.45, 2.75) is 58.4 Å². The third-order valence-electron chi connectivity index (χ3n) is 4.95. The maximum Gasteiger partial charge on any atom is 0.258 e. The number of aryl methyl sites for hydroxylation is 2. The van der Waals surface area contributed by atoms with Crippen LogP contribution >= 0.6 is 0 Å². The molecule has 1 aliphatic carbocycles. The topological polar surface area (TPSA) is 111 Å². The summed E-state index contributed by atoms with van der Waals surface area (Å²) in [6, 6.07) is 1.48. The fourth-order valence-corrected chi connectivity index (χ4v) is 3.73. The van der Waals surface area contributed by atoms with Gasteiger partial charge in [-0.3, -0.25) is 9.59 Å². The van der Waals surface area contributed by atoms with E-state index in [1.165, 1.54) is 6.42 Å². The summed E-state index contributed by atoms with van der Waals surface area (Å²) in [6.07, 6.45) is 5.63. The molecule has 2 aromatic rings. The number of pyridine rings is 1. The molecule has 1 unspecified atom stereocenters. The van der Waals surface area contributed by atoms with E-state index in [-0.39, 0.29) is 24.3 Å². The molecular weight excluding hydrogens is 320 g/mol. The van der Waals surface area contributed by atoms with Crippen LogP contribution in [0.2, 0.25) is 0 Å². The van der Waals surface area contributed by atoms with Gasteiger partial charge in [0, 0.05) is 18.2 Å². The summed E-state index contributed by atoms with van der Waals surface area (Å²) in [5, 5.41) is 7.55. The highest BCUT2D eigenvalue weighted by Crippen LogP contribution is 2.28. The second-order valence-electron chi connectivity index (χ2n) is 6.91. The van der Waals surface area contributed by atoms with Gasteiger partial charge in [0.2, 0.25) is 5.91 Å². The summed E-state index contributed by atoms with van der Waals surface area (Å²) in [6.45, 7) is 3.58. The molecule has 0 radical (unpaired) electrons. The third kappa shape index (κ3) is 3.81. The molecule has 1 saturated carbocycles. The summed E-state index contributed by atoms with van der Waals surface area (Å²) >= 11 is 0. The number of nitrogens with one attached hydrogen (secondary N) is 1. The molecule has 7 nitrogen and oxygen atoms in total. The summed E-state index contributed by atoms with van der Waals surface area (Å²) < 4.78 is 5.19. The number of aromatic nitrogens is 2. The standard InChI is InChI=1S/C18H24N4O3/c1-10-8-13(16-11(2)22-25-18(16)20-10)17(24)21-14(9-15(19)23)12-6-4-3-5-7-12/h8,12,14H,3-7,9H2,1-2H3,(H2,19,23)(H,21,24). The number of nitrogens with two attached hydrogens (primary N) is 1. The average molecular weight is 344 g/mol. The van der Waals surface area contributed by atoms with Gasteiger partial charge >= 0.3 is 0 Å². The highest BCUT2D eigenvalue weighted by Gasteiger charge is 2.28. The molecule has 3 rings (SSSR count). The number of carbonyl (C=O) groups excluding carboxylic acids is 2. The second-order valence-corrected chi connectivity index (χ2v) is 6.91.